The van der Waals surface area contributed by atoms with Crippen molar-refractivity contribution in [1.82, 2.24) is 24.7 Å². The molecular weight excluding hydrogens is 430 g/mol. The van der Waals surface area contributed by atoms with E-state index < -0.39 is 5.97 Å². The Bertz CT molecular complexity index is 1180. The normalized spacial score (nSPS) is 10.9. The summed E-state index contributed by atoms with van der Waals surface area (Å²) in [6.45, 7) is 2.02. The van der Waals surface area contributed by atoms with E-state index in [1.54, 1.807) is 12.4 Å². The van der Waals surface area contributed by atoms with Crippen molar-refractivity contribution in [2.45, 2.75) is 16.4 Å². The zero-order valence-corrected chi connectivity index (χ0v) is 17.8. The standard InChI is InChI=1S/C19H14ClN5O2S2/c1-11-5-3-4-6-13(11)25-16(12-7-9-21-10-8-12)23-24-18(25)29-19-22-15(20)14(28-19)17(26)27-2/h3-10H,1-2H3. The molecule has 0 fully saturated rings. The number of para-hydroxylation sites is 1. The quantitative estimate of drug-likeness (QED) is 0.414. The van der Waals surface area contributed by atoms with Crippen molar-refractivity contribution in [3.8, 4) is 17.1 Å². The van der Waals surface area contributed by atoms with Gasteiger partial charge in [-0.1, -0.05) is 41.1 Å². The maximum atomic E-state index is 11.8. The highest BCUT2D eigenvalue weighted by Crippen LogP contribution is 2.37. The molecule has 3 aromatic heterocycles. The second kappa shape index (κ2) is 8.32. The molecule has 0 bridgehead atoms. The lowest BCUT2D eigenvalue weighted by Gasteiger charge is -2.12. The van der Waals surface area contributed by atoms with Gasteiger partial charge in [0.1, 0.15) is 0 Å². The molecule has 146 valence electrons. The summed E-state index contributed by atoms with van der Waals surface area (Å²) >= 11 is 8.54. The number of pyridine rings is 1. The Morgan fingerprint density at radius 2 is 1.93 bits per heavy atom. The second-order valence-corrected chi connectivity index (χ2v) is 8.43. The van der Waals surface area contributed by atoms with Gasteiger partial charge in [-0.05, 0) is 42.4 Å². The molecule has 0 aliphatic carbocycles. The molecular formula is C19H14ClN5O2S2. The van der Waals surface area contributed by atoms with Crippen molar-refractivity contribution >= 4 is 40.7 Å². The summed E-state index contributed by atoms with van der Waals surface area (Å²) in [7, 11) is 1.31. The number of carbonyl (C=O) groups is 1. The Kier molecular flexibility index (Phi) is 5.61. The van der Waals surface area contributed by atoms with Gasteiger partial charge >= 0.3 is 5.97 Å². The van der Waals surface area contributed by atoms with Gasteiger partial charge in [0, 0.05) is 18.0 Å². The SMILES string of the molecule is COC(=O)c1sc(Sc2nnc(-c3ccncc3)n2-c2ccccc2C)nc1Cl. The van der Waals surface area contributed by atoms with Gasteiger partial charge in [0.15, 0.2) is 20.2 Å². The number of benzene rings is 1. The first-order valence-corrected chi connectivity index (χ1v) is 10.4. The maximum absolute atomic E-state index is 11.8. The fourth-order valence-corrected chi connectivity index (χ4v) is 4.96. The molecule has 7 nitrogen and oxygen atoms in total. The lowest BCUT2D eigenvalue weighted by atomic mass is 10.2. The molecule has 0 aliphatic rings. The lowest BCUT2D eigenvalue weighted by Crippen LogP contribution is -2.01. The minimum absolute atomic E-state index is 0.112. The van der Waals surface area contributed by atoms with Gasteiger partial charge in [0.05, 0.1) is 12.8 Å². The molecule has 4 rings (SSSR count). The van der Waals surface area contributed by atoms with Crippen LogP contribution in [-0.2, 0) is 4.74 Å². The molecule has 0 amide bonds. The van der Waals surface area contributed by atoms with Gasteiger partial charge < -0.3 is 4.74 Å². The van der Waals surface area contributed by atoms with Gasteiger partial charge in [-0.3, -0.25) is 9.55 Å². The molecule has 0 saturated heterocycles. The van der Waals surface area contributed by atoms with E-state index in [1.807, 2.05) is 47.9 Å². The van der Waals surface area contributed by atoms with E-state index in [2.05, 4.69) is 20.2 Å². The number of aryl methyl sites for hydroxylation is 1. The van der Waals surface area contributed by atoms with Crippen molar-refractivity contribution in [2.24, 2.45) is 0 Å². The van der Waals surface area contributed by atoms with Crippen molar-refractivity contribution < 1.29 is 9.53 Å². The molecule has 0 atom stereocenters. The van der Waals surface area contributed by atoms with Crippen LogP contribution in [0, 0.1) is 6.92 Å². The Hall–Kier alpha value is -2.75. The van der Waals surface area contributed by atoms with Crippen LogP contribution in [0.15, 0.2) is 58.3 Å². The molecule has 3 heterocycles. The number of halogens is 1. The predicted octanol–water partition coefficient (Wildman–Crippen LogP) is 4.69. The Morgan fingerprint density at radius 1 is 1.17 bits per heavy atom. The number of nitrogens with zero attached hydrogens (tertiary/aromatic N) is 5. The number of aromatic nitrogens is 5. The van der Waals surface area contributed by atoms with Crippen LogP contribution in [0.3, 0.4) is 0 Å². The minimum atomic E-state index is -0.516. The molecule has 0 spiro atoms. The van der Waals surface area contributed by atoms with E-state index >= 15 is 0 Å². The van der Waals surface area contributed by atoms with E-state index in [0.717, 1.165) is 28.2 Å². The monoisotopic (exact) mass is 443 g/mol. The summed E-state index contributed by atoms with van der Waals surface area (Å²) in [5.74, 6) is 0.164. The molecule has 29 heavy (non-hydrogen) atoms. The zero-order valence-electron chi connectivity index (χ0n) is 15.4. The summed E-state index contributed by atoms with van der Waals surface area (Å²) in [6.07, 6.45) is 3.42. The van der Waals surface area contributed by atoms with Crippen LogP contribution in [-0.4, -0.2) is 37.8 Å². The first-order chi connectivity index (χ1) is 14.1. The Morgan fingerprint density at radius 3 is 2.66 bits per heavy atom. The van der Waals surface area contributed by atoms with E-state index in [1.165, 1.54) is 18.9 Å². The summed E-state index contributed by atoms with van der Waals surface area (Å²) in [6, 6.07) is 11.7. The molecule has 1 aromatic carbocycles. The van der Waals surface area contributed by atoms with Crippen molar-refractivity contribution in [3.63, 3.8) is 0 Å². The molecule has 0 radical (unpaired) electrons. The van der Waals surface area contributed by atoms with Crippen LogP contribution in [0.2, 0.25) is 5.15 Å². The summed E-state index contributed by atoms with van der Waals surface area (Å²) in [4.78, 5) is 20.4. The van der Waals surface area contributed by atoms with Crippen LogP contribution in [0.1, 0.15) is 15.2 Å². The van der Waals surface area contributed by atoms with E-state index in [-0.39, 0.29) is 10.0 Å². The smallest absolute Gasteiger partial charge is 0.351 e. The van der Waals surface area contributed by atoms with Crippen LogP contribution in [0.4, 0.5) is 0 Å². The number of carbonyl (C=O) groups excluding carboxylic acids is 1. The third-order valence-electron chi connectivity index (χ3n) is 4.04. The van der Waals surface area contributed by atoms with Gasteiger partial charge in [-0.2, -0.15) is 0 Å². The van der Waals surface area contributed by atoms with Crippen molar-refractivity contribution in [3.05, 3.63) is 64.4 Å². The molecule has 4 aromatic rings. The number of thiazole rings is 1. The highest BCUT2D eigenvalue weighted by atomic mass is 35.5. The fraction of sp³-hybridized carbons (Fsp3) is 0.105. The molecule has 0 N–H and O–H groups in total. The lowest BCUT2D eigenvalue weighted by molar-refractivity contribution is 0.0606. The Balaban J connectivity index is 1.82. The largest absolute Gasteiger partial charge is 0.465 e. The number of ether oxygens (including phenoxy) is 1. The summed E-state index contributed by atoms with van der Waals surface area (Å²) < 4.78 is 7.28. The van der Waals surface area contributed by atoms with Crippen LogP contribution < -0.4 is 0 Å². The van der Waals surface area contributed by atoms with Gasteiger partial charge in [-0.15, -0.1) is 10.2 Å². The first-order valence-electron chi connectivity index (χ1n) is 8.42. The summed E-state index contributed by atoms with van der Waals surface area (Å²) in [5.41, 5.74) is 2.90. The van der Waals surface area contributed by atoms with Gasteiger partial charge in [0.2, 0.25) is 5.16 Å². The van der Waals surface area contributed by atoms with Crippen LogP contribution in [0.25, 0.3) is 17.1 Å². The first kappa shape index (κ1) is 19.6. The van der Waals surface area contributed by atoms with Crippen molar-refractivity contribution in [2.75, 3.05) is 7.11 Å². The van der Waals surface area contributed by atoms with E-state index in [0.29, 0.717) is 15.3 Å². The minimum Gasteiger partial charge on any atom is -0.465 e. The number of rotatable bonds is 5. The third-order valence-corrected chi connectivity index (χ3v) is 6.47. The molecule has 0 unspecified atom stereocenters. The maximum Gasteiger partial charge on any atom is 0.351 e. The highest BCUT2D eigenvalue weighted by molar-refractivity contribution is 8.00. The van der Waals surface area contributed by atoms with Crippen LogP contribution in [0.5, 0.6) is 0 Å². The Labute approximate surface area is 179 Å². The van der Waals surface area contributed by atoms with Gasteiger partial charge in [0.25, 0.3) is 0 Å². The number of esters is 1. The number of hydrogen-bond donors (Lipinski definition) is 0. The molecule has 10 heteroatoms. The van der Waals surface area contributed by atoms with E-state index in [9.17, 15) is 4.79 Å². The van der Waals surface area contributed by atoms with E-state index in [4.69, 9.17) is 16.3 Å². The molecule has 0 saturated carbocycles. The summed E-state index contributed by atoms with van der Waals surface area (Å²) in [5, 5.41) is 9.49. The topological polar surface area (TPSA) is 82.8 Å². The average molecular weight is 444 g/mol. The number of methoxy groups -OCH3 is 1. The average Bonchev–Trinajstić information content (AvgIpc) is 3.32. The fourth-order valence-electron chi connectivity index (χ4n) is 2.68. The third kappa shape index (κ3) is 3.89. The van der Waals surface area contributed by atoms with Crippen LogP contribution >= 0.6 is 34.7 Å². The number of hydrogen-bond acceptors (Lipinski definition) is 8. The van der Waals surface area contributed by atoms with Crippen molar-refractivity contribution in [1.29, 1.82) is 0 Å². The predicted molar refractivity (Wildman–Crippen MR) is 112 cm³/mol. The van der Waals surface area contributed by atoms with Gasteiger partial charge in [-0.25, -0.2) is 9.78 Å². The second-order valence-electron chi connectivity index (χ2n) is 5.86. The highest BCUT2D eigenvalue weighted by Gasteiger charge is 2.22. The zero-order chi connectivity index (χ0) is 20.4. The molecule has 0 aliphatic heterocycles.